The first-order chi connectivity index (χ1) is 10.1. The fourth-order valence-corrected chi connectivity index (χ4v) is 1.53. The van der Waals surface area contributed by atoms with Crippen LogP contribution < -0.4 is 5.32 Å². The molecule has 0 aliphatic carbocycles. The van der Waals surface area contributed by atoms with Crippen molar-refractivity contribution in [3.8, 4) is 0 Å². The van der Waals surface area contributed by atoms with E-state index >= 15 is 0 Å². The molecular weight excluding hydrogens is 276 g/mol. The molecule has 1 aromatic carbocycles. The Hall–Kier alpha value is -2.57. The number of ether oxygens (including phenoxy) is 2. The molecule has 1 aromatic rings. The van der Waals surface area contributed by atoms with Crippen LogP contribution in [0.25, 0.3) is 0 Å². The maximum Gasteiger partial charge on any atom is 0.325 e. The number of hydrogen-bond donors (Lipinski definition) is 1. The molecule has 0 aliphatic heterocycles. The number of urea groups is 1. The van der Waals surface area contributed by atoms with Gasteiger partial charge in [0.05, 0.1) is 14.2 Å². The summed E-state index contributed by atoms with van der Waals surface area (Å²) in [5.74, 6) is -1.23. The number of carbonyl (C=O) groups is 3. The van der Waals surface area contributed by atoms with Crippen LogP contribution in [0.15, 0.2) is 30.3 Å². The Balaban J connectivity index is 2.61. The van der Waals surface area contributed by atoms with Gasteiger partial charge in [-0.1, -0.05) is 30.3 Å². The number of rotatable bonds is 6. The SMILES string of the molecule is COC(=O)CN(CC(=O)OC)C(=O)NCc1ccccc1. The maximum absolute atomic E-state index is 12.0. The number of amides is 2. The molecule has 0 atom stereocenters. The molecule has 7 nitrogen and oxygen atoms in total. The van der Waals surface area contributed by atoms with Crippen LogP contribution in [0.2, 0.25) is 0 Å². The van der Waals surface area contributed by atoms with Crippen molar-refractivity contribution in [2.24, 2.45) is 0 Å². The zero-order valence-corrected chi connectivity index (χ0v) is 12.0. The Morgan fingerprint density at radius 1 is 1.00 bits per heavy atom. The predicted molar refractivity (Wildman–Crippen MR) is 74.3 cm³/mol. The predicted octanol–water partition coefficient (Wildman–Crippen LogP) is 0.544. The van der Waals surface area contributed by atoms with E-state index in [1.54, 1.807) is 0 Å². The van der Waals surface area contributed by atoms with Crippen LogP contribution >= 0.6 is 0 Å². The van der Waals surface area contributed by atoms with Crippen molar-refractivity contribution < 1.29 is 23.9 Å². The molecular formula is C14H18N2O5. The summed E-state index contributed by atoms with van der Waals surface area (Å²) in [4.78, 5) is 35.6. The van der Waals surface area contributed by atoms with Crippen molar-refractivity contribution in [3.63, 3.8) is 0 Å². The molecule has 1 N–H and O–H groups in total. The number of methoxy groups -OCH3 is 2. The molecule has 0 heterocycles. The zero-order valence-electron chi connectivity index (χ0n) is 12.0. The number of esters is 2. The van der Waals surface area contributed by atoms with Crippen LogP contribution in [-0.2, 0) is 25.6 Å². The first-order valence-electron chi connectivity index (χ1n) is 6.27. The first kappa shape index (κ1) is 16.5. The normalized spacial score (nSPS) is 9.62. The summed E-state index contributed by atoms with van der Waals surface area (Å²) in [5.41, 5.74) is 0.905. The minimum atomic E-state index is -0.617. The summed E-state index contributed by atoms with van der Waals surface area (Å²) in [6, 6.07) is 8.72. The Kier molecular flexibility index (Phi) is 6.73. The highest BCUT2D eigenvalue weighted by Crippen LogP contribution is 1.99. The topological polar surface area (TPSA) is 84.9 Å². The average Bonchev–Trinajstić information content (AvgIpc) is 2.52. The second-order valence-corrected chi connectivity index (χ2v) is 4.15. The second kappa shape index (κ2) is 8.57. The van der Waals surface area contributed by atoms with Crippen LogP contribution in [0.4, 0.5) is 4.79 Å². The van der Waals surface area contributed by atoms with Gasteiger partial charge in [0.1, 0.15) is 13.1 Å². The zero-order chi connectivity index (χ0) is 15.7. The number of benzene rings is 1. The minimum Gasteiger partial charge on any atom is -0.468 e. The molecule has 0 aromatic heterocycles. The fraction of sp³-hybridized carbons (Fsp3) is 0.357. The Morgan fingerprint density at radius 2 is 1.52 bits per heavy atom. The van der Waals surface area contributed by atoms with E-state index in [4.69, 9.17) is 0 Å². The van der Waals surface area contributed by atoms with Crippen molar-refractivity contribution in [1.29, 1.82) is 0 Å². The van der Waals surface area contributed by atoms with Gasteiger partial charge in [-0.25, -0.2) is 4.79 Å². The van der Waals surface area contributed by atoms with Gasteiger partial charge in [0.15, 0.2) is 0 Å². The molecule has 0 fully saturated rings. The van der Waals surface area contributed by atoms with E-state index in [-0.39, 0.29) is 13.1 Å². The van der Waals surface area contributed by atoms with Crippen LogP contribution in [0.1, 0.15) is 5.56 Å². The monoisotopic (exact) mass is 294 g/mol. The molecule has 2 amide bonds. The van der Waals surface area contributed by atoms with Crippen molar-refractivity contribution in [1.82, 2.24) is 10.2 Å². The second-order valence-electron chi connectivity index (χ2n) is 4.15. The third-order valence-electron chi connectivity index (χ3n) is 2.67. The summed E-state index contributed by atoms with van der Waals surface area (Å²) in [6.45, 7) is -0.364. The van der Waals surface area contributed by atoms with Gasteiger partial charge in [0.25, 0.3) is 0 Å². The molecule has 0 unspecified atom stereocenters. The van der Waals surface area contributed by atoms with E-state index in [2.05, 4.69) is 14.8 Å². The largest absolute Gasteiger partial charge is 0.468 e. The van der Waals surface area contributed by atoms with Crippen molar-refractivity contribution in [3.05, 3.63) is 35.9 Å². The number of hydrogen-bond acceptors (Lipinski definition) is 5. The fourth-order valence-electron chi connectivity index (χ4n) is 1.53. The van der Waals surface area contributed by atoms with Gasteiger partial charge in [0.2, 0.25) is 0 Å². The number of nitrogens with one attached hydrogen (secondary N) is 1. The van der Waals surface area contributed by atoms with Gasteiger partial charge >= 0.3 is 18.0 Å². The lowest BCUT2D eigenvalue weighted by Gasteiger charge is -2.20. The highest BCUT2D eigenvalue weighted by Gasteiger charge is 2.20. The van der Waals surface area contributed by atoms with Crippen LogP contribution in [0, 0.1) is 0 Å². The number of nitrogens with zero attached hydrogens (tertiary/aromatic N) is 1. The molecule has 0 spiro atoms. The minimum absolute atomic E-state index is 0.290. The van der Waals surface area contributed by atoms with E-state index in [9.17, 15) is 14.4 Å². The smallest absolute Gasteiger partial charge is 0.325 e. The molecule has 0 aliphatic rings. The maximum atomic E-state index is 12.0. The highest BCUT2D eigenvalue weighted by molar-refractivity contribution is 5.85. The standard InChI is InChI=1S/C14H18N2O5/c1-20-12(17)9-16(10-13(18)21-2)14(19)15-8-11-6-4-3-5-7-11/h3-7H,8-10H2,1-2H3,(H,15,19). The summed E-state index contributed by atoms with van der Waals surface area (Å²) in [7, 11) is 2.42. The molecule has 0 bridgehead atoms. The summed E-state index contributed by atoms with van der Waals surface area (Å²) < 4.78 is 8.99. The van der Waals surface area contributed by atoms with Crippen molar-refractivity contribution in [2.45, 2.75) is 6.54 Å². The van der Waals surface area contributed by atoms with Gasteiger partial charge < -0.3 is 19.7 Å². The summed E-state index contributed by atoms with van der Waals surface area (Å²) >= 11 is 0. The van der Waals surface area contributed by atoms with E-state index in [0.717, 1.165) is 10.5 Å². The average molecular weight is 294 g/mol. The summed E-state index contributed by atoms with van der Waals surface area (Å²) in [5, 5.41) is 2.63. The van der Waals surface area contributed by atoms with Crippen molar-refractivity contribution in [2.75, 3.05) is 27.3 Å². The molecule has 0 saturated heterocycles. The quantitative estimate of drug-likeness (QED) is 0.774. The molecule has 114 valence electrons. The number of carbonyl (C=O) groups excluding carboxylic acids is 3. The Morgan fingerprint density at radius 3 is 2.00 bits per heavy atom. The van der Waals surface area contributed by atoms with Crippen LogP contribution in [0.3, 0.4) is 0 Å². The van der Waals surface area contributed by atoms with Gasteiger partial charge in [-0.2, -0.15) is 0 Å². The van der Waals surface area contributed by atoms with Crippen molar-refractivity contribution >= 4 is 18.0 Å². The van der Waals surface area contributed by atoms with E-state index in [1.165, 1.54) is 14.2 Å². The van der Waals surface area contributed by atoms with Gasteiger partial charge in [0, 0.05) is 6.54 Å². The lowest BCUT2D eigenvalue weighted by Crippen LogP contribution is -2.45. The Bertz CT molecular complexity index is 471. The van der Waals surface area contributed by atoms with Crippen LogP contribution in [0.5, 0.6) is 0 Å². The lowest BCUT2D eigenvalue weighted by molar-refractivity contribution is -0.144. The highest BCUT2D eigenvalue weighted by atomic mass is 16.5. The summed E-state index contributed by atoms with van der Waals surface area (Å²) in [6.07, 6.45) is 0. The van der Waals surface area contributed by atoms with E-state index in [1.807, 2.05) is 30.3 Å². The Labute approximate surface area is 122 Å². The lowest BCUT2D eigenvalue weighted by atomic mass is 10.2. The molecule has 0 saturated carbocycles. The molecule has 0 radical (unpaired) electrons. The molecule has 1 rings (SSSR count). The van der Waals surface area contributed by atoms with E-state index < -0.39 is 18.0 Å². The van der Waals surface area contributed by atoms with Gasteiger partial charge in [-0.15, -0.1) is 0 Å². The van der Waals surface area contributed by atoms with Crippen LogP contribution in [-0.4, -0.2) is 50.2 Å². The third kappa shape index (κ3) is 5.94. The molecule has 7 heteroatoms. The first-order valence-corrected chi connectivity index (χ1v) is 6.27. The molecule has 21 heavy (non-hydrogen) atoms. The van der Waals surface area contributed by atoms with Gasteiger partial charge in [-0.05, 0) is 5.56 Å². The third-order valence-corrected chi connectivity index (χ3v) is 2.67. The van der Waals surface area contributed by atoms with E-state index in [0.29, 0.717) is 6.54 Å². The van der Waals surface area contributed by atoms with Gasteiger partial charge in [-0.3, -0.25) is 9.59 Å².